The minimum atomic E-state index is -0.314. The topological polar surface area (TPSA) is 17.1 Å². The standard InChI is InChI=1S/C11H6ClFOS2/c12-9-5-6-15-10(9)11(14)16-8-3-1-7(13)2-4-8/h1-6H. The molecule has 82 valence electrons. The normalized spacial score (nSPS) is 10.4. The summed E-state index contributed by atoms with van der Waals surface area (Å²) in [5, 5.41) is 2.11. The van der Waals surface area contributed by atoms with Crippen LogP contribution in [0, 0.1) is 5.82 Å². The summed E-state index contributed by atoms with van der Waals surface area (Å²) >= 11 is 8.19. The lowest BCUT2D eigenvalue weighted by Gasteiger charge is -1.99. The second-order valence-corrected chi connectivity index (χ2v) is 5.31. The third-order valence-corrected chi connectivity index (χ3v) is 4.19. The molecule has 1 aromatic carbocycles. The molecule has 1 nitrogen and oxygen atoms in total. The highest BCUT2D eigenvalue weighted by atomic mass is 35.5. The Kier molecular flexibility index (Phi) is 3.63. The van der Waals surface area contributed by atoms with E-state index in [-0.39, 0.29) is 10.9 Å². The molecule has 0 unspecified atom stereocenters. The van der Waals surface area contributed by atoms with E-state index in [4.69, 9.17) is 11.6 Å². The van der Waals surface area contributed by atoms with Gasteiger partial charge < -0.3 is 0 Å². The van der Waals surface area contributed by atoms with E-state index in [1.54, 1.807) is 23.6 Å². The predicted molar refractivity (Wildman–Crippen MR) is 65.9 cm³/mol. The second-order valence-electron chi connectivity index (χ2n) is 2.94. The summed E-state index contributed by atoms with van der Waals surface area (Å²) in [6.45, 7) is 0. The minimum Gasteiger partial charge on any atom is -0.280 e. The fourth-order valence-corrected chi connectivity index (χ4v) is 3.08. The lowest BCUT2D eigenvalue weighted by atomic mass is 10.4. The van der Waals surface area contributed by atoms with Crippen molar-refractivity contribution in [3.63, 3.8) is 0 Å². The van der Waals surface area contributed by atoms with Crippen molar-refractivity contribution in [3.8, 4) is 0 Å². The number of rotatable bonds is 2. The van der Waals surface area contributed by atoms with E-state index >= 15 is 0 Å². The summed E-state index contributed by atoms with van der Waals surface area (Å²) in [5.74, 6) is -0.314. The van der Waals surface area contributed by atoms with Gasteiger partial charge in [-0.2, -0.15) is 0 Å². The molecule has 0 N–H and O–H groups in total. The Hall–Kier alpha value is -0.840. The smallest absolute Gasteiger partial charge is 0.235 e. The Morgan fingerprint density at radius 1 is 1.25 bits per heavy atom. The van der Waals surface area contributed by atoms with Crippen LogP contribution in [-0.2, 0) is 0 Å². The molecular weight excluding hydrogens is 267 g/mol. The molecule has 0 fully saturated rings. The van der Waals surface area contributed by atoms with Gasteiger partial charge in [-0.15, -0.1) is 11.3 Å². The fourth-order valence-electron chi connectivity index (χ4n) is 1.10. The van der Waals surface area contributed by atoms with Crippen LogP contribution in [0.2, 0.25) is 5.02 Å². The average Bonchev–Trinajstić information content (AvgIpc) is 2.68. The van der Waals surface area contributed by atoms with E-state index in [0.29, 0.717) is 14.8 Å². The number of carbonyl (C=O) groups is 1. The van der Waals surface area contributed by atoms with E-state index in [2.05, 4.69) is 0 Å². The van der Waals surface area contributed by atoms with E-state index < -0.39 is 0 Å². The Morgan fingerprint density at radius 3 is 2.50 bits per heavy atom. The average molecular weight is 273 g/mol. The van der Waals surface area contributed by atoms with Gasteiger partial charge in [0.15, 0.2) is 0 Å². The third-order valence-electron chi connectivity index (χ3n) is 1.83. The lowest BCUT2D eigenvalue weighted by Crippen LogP contribution is -1.89. The quantitative estimate of drug-likeness (QED) is 0.750. The Bertz CT molecular complexity index is 507. The fraction of sp³-hybridized carbons (Fsp3) is 0. The van der Waals surface area contributed by atoms with Crippen molar-refractivity contribution in [2.24, 2.45) is 0 Å². The number of halogens is 2. The summed E-state index contributed by atoms with van der Waals surface area (Å²) < 4.78 is 12.6. The Balaban J connectivity index is 2.14. The first-order valence-corrected chi connectivity index (χ1v) is 6.45. The minimum absolute atomic E-state index is 0.119. The van der Waals surface area contributed by atoms with Crippen LogP contribution in [0.15, 0.2) is 40.6 Å². The maximum Gasteiger partial charge on any atom is 0.235 e. The molecule has 2 rings (SSSR count). The molecule has 0 saturated carbocycles. The summed E-state index contributed by atoms with van der Waals surface area (Å²) in [7, 11) is 0. The summed E-state index contributed by atoms with van der Waals surface area (Å²) in [6, 6.07) is 7.47. The molecule has 0 saturated heterocycles. The molecule has 0 bridgehead atoms. The van der Waals surface area contributed by atoms with Crippen LogP contribution in [0.25, 0.3) is 0 Å². The number of hydrogen-bond donors (Lipinski definition) is 0. The van der Waals surface area contributed by atoms with E-state index in [1.807, 2.05) is 0 Å². The Morgan fingerprint density at radius 2 is 1.94 bits per heavy atom. The van der Waals surface area contributed by atoms with Crippen LogP contribution >= 0.6 is 34.7 Å². The highest BCUT2D eigenvalue weighted by molar-refractivity contribution is 8.14. The summed E-state index contributed by atoms with van der Waals surface area (Å²) in [5.41, 5.74) is 0. The van der Waals surface area contributed by atoms with Crippen LogP contribution in [0.1, 0.15) is 9.67 Å². The second kappa shape index (κ2) is 4.99. The molecule has 2 aromatic rings. The highest BCUT2D eigenvalue weighted by Crippen LogP contribution is 2.30. The van der Waals surface area contributed by atoms with E-state index in [1.165, 1.54) is 23.5 Å². The molecule has 0 aliphatic carbocycles. The van der Waals surface area contributed by atoms with Gasteiger partial charge in [-0.1, -0.05) is 11.6 Å². The van der Waals surface area contributed by atoms with Crippen LogP contribution in [-0.4, -0.2) is 5.12 Å². The first-order chi connectivity index (χ1) is 7.66. The third kappa shape index (κ3) is 2.64. The van der Waals surface area contributed by atoms with Gasteiger partial charge in [-0.05, 0) is 47.5 Å². The van der Waals surface area contributed by atoms with Gasteiger partial charge in [0.05, 0.1) is 5.02 Å². The molecule has 0 spiro atoms. The van der Waals surface area contributed by atoms with Crippen molar-refractivity contribution in [3.05, 3.63) is 51.4 Å². The Labute approximate surface area is 105 Å². The summed E-state index contributed by atoms with van der Waals surface area (Å²) in [4.78, 5) is 13.0. The zero-order valence-corrected chi connectivity index (χ0v) is 10.3. The highest BCUT2D eigenvalue weighted by Gasteiger charge is 2.13. The molecule has 1 aromatic heterocycles. The molecule has 0 radical (unpaired) electrons. The van der Waals surface area contributed by atoms with Gasteiger partial charge in [0.25, 0.3) is 0 Å². The van der Waals surface area contributed by atoms with Crippen LogP contribution in [0.4, 0.5) is 4.39 Å². The van der Waals surface area contributed by atoms with Crippen LogP contribution in [0.5, 0.6) is 0 Å². The maximum absolute atomic E-state index is 12.6. The number of thiophene rings is 1. The van der Waals surface area contributed by atoms with Gasteiger partial charge >= 0.3 is 0 Å². The molecule has 0 aliphatic heterocycles. The zero-order chi connectivity index (χ0) is 11.5. The van der Waals surface area contributed by atoms with Crippen molar-refractivity contribution < 1.29 is 9.18 Å². The number of thioether (sulfide) groups is 1. The van der Waals surface area contributed by atoms with Crippen molar-refractivity contribution in [1.82, 2.24) is 0 Å². The summed E-state index contributed by atoms with van der Waals surface area (Å²) in [6.07, 6.45) is 0. The molecule has 16 heavy (non-hydrogen) atoms. The molecule has 0 aliphatic rings. The van der Waals surface area contributed by atoms with Crippen LogP contribution < -0.4 is 0 Å². The largest absolute Gasteiger partial charge is 0.280 e. The SMILES string of the molecule is O=C(Sc1ccc(F)cc1)c1sccc1Cl. The van der Waals surface area contributed by atoms with Crippen molar-refractivity contribution in [1.29, 1.82) is 0 Å². The molecule has 1 heterocycles. The molecule has 0 atom stereocenters. The lowest BCUT2D eigenvalue weighted by molar-refractivity contribution is 0.109. The van der Waals surface area contributed by atoms with E-state index in [9.17, 15) is 9.18 Å². The van der Waals surface area contributed by atoms with Crippen molar-refractivity contribution >= 4 is 39.8 Å². The van der Waals surface area contributed by atoms with Crippen molar-refractivity contribution in [2.45, 2.75) is 4.90 Å². The predicted octanol–water partition coefficient (Wildman–Crippen LogP) is 4.47. The van der Waals surface area contributed by atoms with Gasteiger partial charge in [0, 0.05) is 4.90 Å². The monoisotopic (exact) mass is 272 g/mol. The van der Waals surface area contributed by atoms with Crippen molar-refractivity contribution in [2.75, 3.05) is 0 Å². The maximum atomic E-state index is 12.6. The molecular formula is C11H6ClFOS2. The van der Waals surface area contributed by atoms with Crippen LogP contribution in [0.3, 0.4) is 0 Å². The van der Waals surface area contributed by atoms with Gasteiger partial charge in [0.2, 0.25) is 5.12 Å². The number of hydrogen-bond acceptors (Lipinski definition) is 3. The first kappa shape index (κ1) is 11.6. The molecule has 0 amide bonds. The zero-order valence-electron chi connectivity index (χ0n) is 7.94. The number of benzene rings is 1. The van der Waals surface area contributed by atoms with Gasteiger partial charge in [0.1, 0.15) is 10.7 Å². The van der Waals surface area contributed by atoms with E-state index in [0.717, 1.165) is 11.8 Å². The number of carbonyl (C=O) groups excluding carboxylic acids is 1. The van der Waals surface area contributed by atoms with Gasteiger partial charge in [-0.3, -0.25) is 4.79 Å². The first-order valence-electron chi connectivity index (χ1n) is 4.37. The molecule has 5 heteroatoms. The van der Waals surface area contributed by atoms with Gasteiger partial charge in [-0.25, -0.2) is 4.39 Å².